The van der Waals surface area contributed by atoms with Crippen molar-refractivity contribution < 1.29 is 55.6 Å². The number of rotatable bonds is 5. The highest BCUT2D eigenvalue weighted by Crippen LogP contribution is 2.59. The van der Waals surface area contributed by atoms with Gasteiger partial charge in [-0.2, -0.15) is 26.3 Å². The number of carbonyl (C=O) groups excluding carboxylic acids is 2. The minimum Gasteiger partial charge on any atom is -0.508 e. The van der Waals surface area contributed by atoms with E-state index in [0.717, 1.165) is 0 Å². The summed E-state index contributed by atoms with van der Waals surface area (Å²) in [5.74, 6) is -8.00. The number of carbonyl (C=O) groups is 2. The summed E-state index contributed by atoms with van der Waals surface area (Å²) in [7, 11) is 0. The molecule has 6 rings (SSSR count). The Morgan fingerprint density at radius 1 is 0.864 bits per heavy atom. The minimum atomic E-state index is -5.19. The van der Waals surface area contributed by atoms with Crippen LogP contribution in [0.25, 0.3) is 0 Å². The summed E-state index contributed by atoms with van der Waals surface area (Å²) in [5.41, 5.74) is -3.64. The molecule has 3 fully saturated rings. The predicted molar refractivity (Wildman–Crippen MR) is 141 cm³/mol. The normalized spacial score (nSPS) is 28.6. The number of fused-ring (bicyclic) bond motifs is 3. The maximum absolute atomic E-state index is 13.8. The van der Waals surface area contributed by atoms with Gasteiger partial charge in [0.1, 0.15) is 11.5 Å². The number of imide groups is 1. The number of hydrogen-bond acceptors (Lipinski definition) is 6. The van der Waals surface area contributed by atoms with Crippen LogP contribution in [-0.4, -0.2) is 34.4 Å². The molecule has 232 valence electrons. The minimum absolute atomic E-state index is 0.00747. The van der Waals surface area contributed by atoms with Crippen LogP contribution in [0, 0.1) is 23.7 Å². The van der Waals surface area contributed by atoms with Gasteiger partial charge in [-0.3, -0.25) is 14.5 Å². The third-order valence-electron chi connectivity index (χ3n) is 8.65. The zero-order valence-electron chi connectivity index (χ0n) is 22.7. The molecule has 2 amide bonds. The van der Waals surface area contributed by atoms with Gasteiger partial charge in [0.2, 0.25) is 11.8 Å². The van der Waals surface area contributed by atoms with Gasteiger partial charge in [0.25, 0.3) is 0 Å². The van der Waals surface area contributed by atoms with Crippen molar-refractivity contribution in [3.8, 4) is 11.5 Å². The molecule has 0 aromatic heterocycles. The van der Waals surface area contributed by atoms with Crippen molar-refractivity contribution in [1.29, 1.82) is 0 Å². The van der Waals surface area contributed by atoms with E-state index in [1.54, 1.807) is 42.5 Å². The fourth-order valence-corrected chi connectivity index (χ4v) is 6.61. The SMILES string of the molecule is O=C1[C@H]2[C@H](C[C@H](COc3ccccc3)[C@@]3(O)O[C@H](c4ccc(O)cc4)C[C@@H]23)C(=O)N1c1cc(C(F)(F)F)cc(C(F)(F)F)c1. The molecule has 3 aliphatic rings. The molecule has 1 aliphatic carbocycles. The lowest BCUT2D eigenvalue weighted by Gasteiger charge is -2.44. The number of halogens is 6. The smallest absolute Gasteiger partial charge is 0.416 e. The second kappa shape index (κ2) is 10.5. The lowest BCUT2D eigenvalue weighted by atomic mass is 9.64. The number of hydrogen-bond donors (Lipinski definition) is 2. The van der Waals surface area contributed by atoms with Crippen LogP contribution >= 0.6 is 0 Å². The van der Waals surface area contributed by atoms with Gasteiger partial charge in [-0.25, -0.2) is 0 Å². The number of para-hydroxylation sites is 1. The van der Waals surface area contributed by atoms with Crippen LogP contribution in [0.5, 0.6) is 11.5 Å². The van der Waals surface area contributed by atoms with Gasteiger partial charge in [-0.1, -0.05) is 30.3 Å². The van der Waals surface area contributed by atoms with Crippen LogP contribution in [0.15, 0.2) is 72.8 Å². The van der Waals surface area contributed by atoms with Crippen molar-refractivity contribution in [2.24, 2.45) is 23.7 Å². The Morgan fingerprint density at radius 2 is 1.48 bits per heavy atom. The summed E-state index contributed by atoms with van der Waals surface area (Å²) in [4.78, 5) is 27.9. The Hall–Kier alpha value is -4.10. The Morgan fingerprint density at radius 3 is 2.07 bits per heavy atom. The van der Waals surface area contributed by atoms with Crippen LogP contribution in [0.1, 0.15) is 35.6 Å². The van der Waals surface area contributed by atoms with Gasteiger partial charge in [0, 0.05) is 11.8 Å². The first-order valence-electron chi connectivity index (χ1n) is 13.7. The molecule has 3 aromatic rings. The van der Waals surface area contributed by atoms with Crippen molar-refractivity contribution in [1.82, 2.24) is 0 Å². The molecule has 7 nitrogen and oxygen atoms in total. The molecule has 13 heteroatoms. The fraction of sp³-hybridized carbons (Fsp3) is 0.355. The zero-order valence-corrected chi connectivity index (χ0v) is 22.7. The number of amides is 2. The third kappa shape index (κ3) is 5.17. The molecule has 0 radical (unpaired) electrons. The zero-order chi connectivity index (χ0) is 31.6. The predicted octanol–water partition coefficient (Wildman–Crippen LogP) is 6.10. The molecule has 0 unspecified atom stereocenters. The Kier molecular flexibility index (Phi) is 7.16. The maximum Gasteiger partial charge on any atom is 0.416 e. The van der Waals surface area contributed by atoms with E-state index in [2.05, 4.69) is 0 Å². The van der Waals surface area contributed by atoms with Gasteiger partial charge in [0.15, 0.2) is 5.79 Å². The van der Waals surface area contributed by atoms with Gasteiger partial charge in [0.05, 0.1) is 41.4 Å². The summed E-state index contributed by atoms with van der Waals surface area (Å²) in [6.45, 7) is -0.161. The maximum atomic E-state index is 13.8. The lowest BCUT2D eigenvalue weighted by Crippen LogP contribution is -2.55. The number of phenolic OH excluding ortho intramolecular Hbond substituents is 1. The molecule has 2 N–H and O–H groups in total. The van der Waals surface area contributed by atoms with Crippen molar-refractivity contribution in [3.05, 3.63) is 89.5 Å². The molecule has 2 heterocycles. The van der Waals surface area contributed by atoms with Gasteiger partial charge >= 0.3 is 12.4 Å². The van der Waals surface area contributed by atoms with E-state index in [4.69, 9.17) is 9.47 Å². The van der Waals surface area contributed by atoms with Crippen LogP contribution in [0.4, 0.5) is 32.0 Å². The second-order valence-electron chi connectivity index (χ2n) is 11.3. The molecule has 44 heavy (non-hydrogen) atoms. The first kappa shape index (κ1) is 29.9. The lowest BCUT2D eigenvalue weighted by molar-refractivity contribution is -0.272. The second-order valence-corrected chi connectivity index (χ2v) is 11.3. The number of nitrogens with zero attached hydrogens (tertiary/aromatic N) is 1. The van der Waals surface area contributed by atoms with Crippen molar-refractivity contribution in [2.45, 2.75) is 37.1 Å². The number of aromatic hydroxyl groups is 1. The standard InChI is InChI=1S/C31H25F6NO6/c32-30(33,34)17-10-18(31(35,36)37)12-20(11-17)38-27(40)23-13-19(15-43-22-4-2-1-3-5-22)29(42)24(26(23)28(38)41)14-25(44-29)16-6-8-21(39)9-7-16/h1-12,19,23-26,39,42H,13-15H2/t19-,23+,24+,25+,26+,29-/m1/s1. The van der Waals surface area contributed by atoms with E-state index < -0.39 is 76.5 Å². The fourth-order valence-electron chi connectivity index (χ4n) is 6.61. The number of anilines is 1. The van der Waals surface area contributed by atoms with Crippen LogP contribution in [-0.2, 0) is 26.7 Å². The topological polar surface area (TPSA) is 96.3 Å². The van der Waals surface area contributed by atoms with E-state index >= 15 is 0 Å². The summed E-state index contributed by atoms with van der Waals surface area (Å²) in [6, 6.07) is 15.1. The first-order valence-corrected chi connectivity index (χ1v) is 13.7. The molecule has 2 aliphatic heterocycles. The van der Waals surface area contributed by atoms with E-state index in [9.17, 15) is 46.1 Å². The van der Waals surface area contributed by atoms with Crippen LogP contribution in [0.3, 0.4) is 0 Å². The summed E-state index contributed by atoms with van der Waals surface area (Å²) >= 11 is 0. The molecule has 3 aromatic carbocycles. The average Bonchev–Trinajstić information content (AvgIpc) is 3.44. The molecule has 2 saturated heterocycles. The average molecular weight is 622 g/mol. The highest BCUT2D eigenvalue weighted by Gasteiger charge is 2.67. The van der Waals surface area contributed by atoms with Crippen LogP contribution < -0.4 is 9.64 Å². The monoisotopic (exact) mass is 621 g/mol. The van der Waals surface area contributed by atoms with E-state index in [0.29, 0.717) is 28.3 Å². The van der Waals surface area contributed by atoms with Crippen molar-refractivity contribution in [3.63, 3.8) is 0 Å². The van der Waals surface area contributed by atoms with E-state index in [1.807, 2.05) is 0 Å². The molecule has 0 bridgehead atoms. The highest BCUT2D eigenvalue weighted by molar-refractivity contribution is 6.22. The number of phenols is 1. The number of alkyl halides is 6. The summed E-state index contributed by atoms with van der Waals surface area (Å²) in [5, 5.41) is 21.7. The molecule has 1 saturated carbocycles. The molecule has 6 atom stereocenters. The largest absolute Gasteiger partial charge is 0.508 e. The summed E-state index contributed by atoms with van der Waals surface area (Å²) < 4.78 is 93.7. The number of benzene rings is 3. The quantitative estimate of drug-likeness (QED) is 0.264. The van der Waals surface area contributed by atoms with E-state index in [1.165, 1.54) is 12.1 Å². The van der Waals surface area contributed by atoms with Crippen molar-refractivity contribution >= 4 is 17.5 Å². The Bertz CT molecular complexity index is 1540. The van der Waals surface area contributed by atoms with Gasteiger partial charge in [-0.15, -0.1) is 0 Å². The molecular formula is C31H25F6NO6. The number of ether oxygens (including phenoxy) is 2. The first-order chi connectivity index (χ1) is 20.7. The van der Waals surface area contributed by atoms with Crippen LogP contribution in [0.2, 0.25) is 0 Å². The van der Waals surface area contributed by atoms with Gasteiger partial charge < -0.3 is 19.7 Å². The van der Waals surface area contributed by atoms with Crippen molar-refractivity contribution in [2.75, 3.05) is 11.5 Å². The third-order valence-corrected chi connectivity index (χ3v) is 8.65. The number of aliphatic hydroxyl groups is 1. The highest BCUT2D eigenvalue weighted by atomic mass is 19.4. The molecule has 0 spiro atoms. The molecular weight excluding hydrogens is 596 g/mol. The Balaban J connectivity index is 1.39. The van der Waals surface area contributed by atoms with Gasteiger partial charge in [-0.05, 0) is 60.9 Å². The summed E-state index contributed by atoms with van der Waals surface area (Å²) in [6.07, 6.45) is -11.4. The Labute approximate surface area is 246 Å². The van der Waals surface area contributed by atoms with E-state index in [-0.39, 0.29) is 31.3 Å².